The van der Waals surface area contributed by atoms with Gasteiger partial charge in [0.1, 0.15) is 0 Å². The van der Waals surface area contributed by atoms with Crippen LogP contribution >= 0.6 is 0 Å². The predicted molar refractivity (Wildman–Crippen MR) is 48.9 cm³/mol. The van der Waals surface area contributed by atoms with E-state index < -0.39 is 0 Å². The molecule has 0 unspecified atom stereocenters. The summed E-state index contributed by atoms with van der Waals surface area (Å²) in [5.74, 6) is 0.0743. The summed E-state index contributed by atoms with van der Waals surface area (Å²) < 4.78 is 0. The van der Waals surface area contributed by atoms with Gasteiger partial charge in [-0.2, -0.15) is 0 Å². The number of rotatable bonds is 0. The molecule has 1 aromatic rings. The standard InChI is InChI=1S/C10H11NO2/c12-8-5-6-11-10-7(8)3-1-2-4-9(10)13/h5-6H,1-4H2,(H,11,12). The Morgan fingerprint density at radius 3 is 2.77 bits per heavy atom. The maximum Gasteiger partial charge on any atom is 0.185 e. The number of aromatic nitrogens is 1. The highest BCUT2D eigenvalue weighted by Gasteiger charge is 2.17. The highest BCUT2D eigenvalue weighted by atomic mass is 16.1. The van der Waals surface area contributed by atoms with Crippen LogP contribution in [0.1, 0.15) is 35.3 Å². The average molecular weight is 177 g/mol. The summed E-state index contributed by atoms with van der Waals surface area (Å²) >= 11 is 0. The first-order valence-corrected chi connectivity index (χ1v) is 4.53. The molecule has 0 spiro atoms. The van der Waals surface area contributed by atoms with Gasteiger partial charge in [0.2, 0.25) is 0 Å². The third-order valence-corrected chi connectivity index (χ3v) is 2.42. The molecule has 0 aliphatic heterocycles. The fourth-order valence-electron chi connectivity index (χ4n) is 1.72. The summed E-state index contributed by atoms with van der Waals surface area (Å²) in [6, 6.07) is 1.48. The van der Waals surface area contributed by atoms with Crippen LogP contribution < -0.4 is 5.43 Å². The van der Waals surface area contributed by atoms with Gasteiger partial charge in [-0.3, -0.25) is 9.59 Å². The van der Waals surface area contributed by atoms with Gasteiger partial charge in [0.25, 0.3) is 0 Å². The van der Waals surface area contributed by atoms with Crippen LogP contribution in [0.25, 0.3) is 0 Å². The van der Waals surface area contributed by atoms with Crippen molar-refractivity contribution in [1.29, 1.82) is 0 Å². The van der Waals surface area contributed by atoms with Gasteiger partial charge < -0.3 is 4.98 Å². The molecule has 1 aromatic heterocycles. The fourth-order valence-corrected chi connectivity index (χ4v) is 1.72. The van der Waals surface area contributed by atoms with Crippen molar-refractivity contribution in [2.24, 2.45) is 0 Å². The third-order valence-electron chi connectivity index (χ3n) is 2.42. The molecule has 0 atom stereocenters. The Hall–Kier alpha value is -1.38. The second-order valence-corrected chi connectivity index (χ2v) is 3.33. The Kier molecular flexibility index (Phi) is 2.00. The second kappa shape index (κ2) is 3.17. The zero-order chi connectivity index (χ0) is 9.26. The minimum absolute atomic E-state index is 0.0102. The Labute approximate surface area is 75.8 Å². The lowest BCUT2D eigenvalue weighted by Crippen LogP contribution is -2.14. The molecule has 0 amide bonds. The van der Waals surface area contributed by atoms with Gasteiger partial charge in [-0.05, 0) is 19.3 Å². The number of pyridine rings is 1. The summed E-state index contributed by atoms with van der Waals surface area (Å²) in [5.41, 5.74) is 1.19. The molecule has 1 aliphatic carbocycles. The summed E-state index contributed by atoms with van der Waals surface area (Å²) in [7, 11) is 0. The van der Waals surface area contributed by atoms with E-state index in [2.05, 4.69) is 4.98 Å². The molecular formula is C10H11NO2. The number of hydrogen-bond donors (Lipinski definition) is 1. The molecule has 1 N–H and O–H groups in total. The van der Waals surface area contributed by atoms with Gasteiger partial charge in [-0.1, -0.05) is 0 Å². The van der Waals surface area contributed by atoms with Gasteiger partial charge in [-0.25, -0.2) is 0 Å². The van der Waals surface area contributed by atoms with E-state index in [9.17, 15) is 9.59 Å². The van der Waals surface area contributed by atoms with Crippen molar-refractivity contribution in [2.75, 3.05) is 0 Å². The number of fused-ring (bicyclic) bond motifs is 1. The van der Waals surface area contributed by atoms with Gasteiger partial charge in [0, 0.05) is 24.2 Å². The Morgan fingerprint density at radius 1 is 1.15 bits per heavy atom. The number of aromatic amines is 1. The van der Waals surface area contributed by atoms with Crippen molar-refractivity contribution in [1.82, 2.24) is 4.98 Å². The summed E-state index contributed by atoms with van der Waals surface area (Å²) in [6.45, 7) is 0. The molecule has 3 heteroatoms. The largest absolute Gasteiger partial charge is 0.358 e. The van der Waals surface area contributed by atoms with E-state index in [1.807, 2.05) is 0 Å². The summed E-state index contributed by atoms with van der Waals surface area (Å²) in [4.78, 5) is 25.7. The van der Waals surface area contributed by atoms with Gasteiger partial charge in [0.15, 0.2) is 11.2 Å². The number of hydrogen-bond acceptors (Lipinski definition) is 2. The van der Waals surface area contributed by atoms with Crippen molar-refractivity contribution >= 4 is 5.78 Å². The molecule has 1 heterocycles. The molecule has 0 fully saturated rings. The van der Waals surface area contributed by atoms with Crippen LogP contribution in [-0.4, -0.2) is 10.8 Å². The van der Waals surface area contributed by atoms with Crippen LogP contribution in [0, 0.1) is 0 Å². The van der Waals surface area contributed by atoms with Crippen molar-refractivity contribution in [2.45, 2.75) is 25.7 Å². The van der Waals surface area contributed by atoms with E-state index in [1.54, 1.807) is 6.20 Å². The lowest BCUT2D eigenvalue weighted by atomic mass is 10.1. The minimum atomic E-state index is -0.0102. The van der Waals surface area contributed by atoms with Crippen molar-refractivity contribution in [3.63, 3.8) is 0 Å². The van der Waals surface area contributed by atoms with Gasteiger partial charge in [0.05, 0.1) is 5.69 Å². The second-order valence-electron chi connectivity index (χ2n) is 3.33. The van der Waals surface area contributed by atoms with E-state index in [1.165, 1.54) is 6.07 Å². The molecule has 68 valence electrons. The molecule has 2 rings (SSSR count). The number of ketones is 1. The number of carbonyl (C=O) groups is 1. The zero-order valence-electron chi connectivity index (χ0n) is 7.30. The monoisotopic (exact) mass is 177 g/mol. The molecule has 0 saturated carbocycles. The summed E-state index contributed by atoms with van der Waals surface area (Å²) in [5, 5.41) is 0. The molecule has 0 saturated heterocycles. The van der Waals surface area contributed by atoms with Crippen LogP contribution in [0.5, 0.6) is 0 Å². The van der Waals surface area contributed by atoms with Crippen molar-refractivity contribution in [3.8, 4) is 0 Å². The average Bonchev–Trinajstić information content (AvgIpc) is 2.30. The maximum atomic E-state index is 11.5. The maximum absolute atomic E-state index is 11.5. The van der Waals surface area contributed by atoms with E-state index in [4.69, 9.17) is 0 Å². The lowest BCUT2D eigenvalue weighted by Gasteiger charge is -2.01. The normalized spacial score (nSPS) is 16.5. The van der Waals surface area contributed by atoms with Gasteiger partial charge in [-0.15, -0.1) is 0 Å². The topological polar surface area (TPSA) is 49.9 Å². The molecule has 0 aromatic carbocycles. The Balaban J connectivity index is 2.60. The Morgan fingerprint density at radius 2 is 1.92 bits per heavy atom. The Bertz CT molecular complexity index is 392. The number of nitrogens with one attached hydrogen (secondary N) is 1. The zero-order valence-corrected chi connectivity index (χ0v) is 7.30. The lowest BCUT2D eigenvalue weighted by molar-refractivity contribution is 0.0977. The highest BCUT2D eigenvalue weighted by Crippen LogP contribution is 2.15. The minimum Gasteiger partial charge on any atom is -0.358 e. The first-order valence-electron chi connectivity index (χ1n) is 4.53. The smallest absolute Gasteiger partial charge is 0.185 e. The van der Waals surface area contributed by atoms with Crippen molar-refractivity contribution in [3.05, 3.63) is 33.7 Å². The van der Waals surface area contributed by atoms with Crippen LogP contribution in [-0.2, 0) is 6.42 Å². The molecule has 13 heavy (non-hydrogen) atoms. The third kappa shape index (κ3) is 1.41. The molecular weight excluding hydrogens is 166 g/mol. The van der Waals surface area contributed by atoms with Gasteiger partial charge >= 0.3 is 0 Å². The van der Waals surface area contributed by atoms with E-state index >= 15 is 0 Å². The SMILES string of the molecule is O=C1CCCCc2c1[nH]ccc2=O. The predicted octanol–water partition coefficient (Wildman–Crippen LogP) is 1.28. The van der Waals surface area contributed by atoms with E-state index in [0.717, 1.165) is 19.3 Å². The first kappa shape index (κ1) is 8.23. The fraction of sp³-hybridized carbons (Fsp3) is 0.400. The molecule has 3 nitrogen and oxygen atoms in total. The first-order chi connectivity index (χ1) is 6.29. The number of H-pyrrole nitrogens is 1. The molecule has 1 aliphatic rings. The van der Waals surface area contributed by atoms with E-state index in [0.29, 0.717) is 17.7 Å². The van der Waals surface area contributed by atoms with E-state index in [-0.39, 0.29) is 11.2 Å². The molecule has 0 bridgehead atoms. The van der Waals surface area contributed by atoms with Crippen molar-refractivity contribution < 1.29 is 4.79 Å². The number of Topliss-reactive ketones (excluding diaryl/α,β-unsaturated/α-hetero) is 1. The van der Waals surface area contributed by atoms with Crippen LogP contribution in [0.15, 0.2) is 17.1 Å². The van der Waals surface area contributed by atoms with Crippen LogP contribution in [0.4, 0.5) is 0 Å². The van der Waals surface area contributed by atoms with Crippen LogP contribution in [0.2, 0.25) is 0 Å². The number of carbonyl (C=O) groups excluding carboxylic acids is 1. The summed E-state index contributed by atoms with van der Waals surface area (Å²) in [6.07, 6.45) is 4.67. The van der Waals surface area contributed by atoms with Crippen LogP contribution in [0.3, 0.4) is 0 Å². The molecule has 0 radical (unpaired) electrons. The highest BCUT2D eigenvalue weighted by molar-refractivity contribution is 5.95. The quantitative estimate of drug-likeness (QED) is 0.607.